The van der Waals surface area contributed by atoms with Gasteiger partial charge in [0.05, 0.1) is 13.2 Å². The van der Waals surface area contributed by atoms with E-state index in [-0.39, 0.29) is 49.4 Å². The molecule has 1 aromatic heterocycles. The lowest BCUT2D eigenvalue weighted by Crippen LogP contribution is -2.43. The molecule has 3 aromatic carbocycles. The predicted molar refractivity (Wildman–Crippen MR) is 145 cm³/mol. The Kier molecular flexibility index (Phi) is 8.33. The van der Waals surface area contributed by atoms with E-state index in [4.69, 9.17) is 10.5 Å². The lowest BCUT2D eigenvalue weighted by Gasteiger charge is -2.27. The van der Waals surface area contributed by atoms with Gasteiger partial charge in [0.2, 0.25) is 5.91 Å². The molecule has 1 amide bonds. The average Bonchev–Trinajstić information content (AvgIpc) is 2.93. The smallest absolute Gasteiger partial charge is 0.330 e. The van der Waals surface area contributed by atoms with Gasteiger partial charge in [-0.15, -0.1) is 0 Å². The molecular formula is C29H30N4O4. The molecule has 4 aromatic rings. The van der Waals surface area contributed by atoms with Crippen molar-refractivity contribution < 1.29 is 9.53 Å². The van der Waals surface area contributed by atoms with Crippen molar-refractivity contribution in [3.8, 4) is 0 Å². The number of ether oxygens (including phenoxy) is 1. The molecular weight excluding hydrogens is 468 g/mol. The Bertz CT molecular complexity index is 1390. The summed E-state index contributed by atoms with van der Waals surface area (Å²) in [7, 11) is 1.52. The maximum atomic E-state index is 13.8. The van der Waals surface area contributed by atoms with Crippen molar-refractivity contribution in [2.45, 2.75) is 18.9 Å². The van der Waals surface area contributed by atoms with Gasteiger partial charge in [0, 0.05) is 26.0 Å². The van der Waals surface area contributed by atoms with Crippen LogP contribution in [0.25, 0.3) is 0 Å². The van der Waals surface area contributed by atoms with Gasteiger partial charge in [0.15, 0.2) is 5.69 Å². The van der Waals surface area contributed by atoms with E-state index < -0.39 is 11.2 Å². The highest BCUT2D eigenvalue weighted by Crippen LogP contribution is 2.30. The van der Waals surface area contributed by atoms with Gasteiger partial charge < -0.3 is 15.4 Å². The molecule has 0 saturated heterocycles. The molecule has 190 valence electrons. The van der Waals surface area contributed by atoms with Crippen LogP contribution in [0.4, 0.5) is 11.5 Å². The van der Waals surface area contributed by atoms with Gasteiger partial charge in [-0.25, -0.2) is 4.79 Å². The molecule has 0 bridgehead atoms. The fraction of sp³-hybridized carbons (Fsp3) is 0.207. The molecule has 1 heterocycles. The molecule has 0 aliphatic heterocycles. The van der Waals surface area contributed by atoms with Gasteiger partial charge in [0.25, 0.3) is 5.56 Å². The number of hydrogen-bond donors (Lipinski definition) is 2. The maximum absolute atomic E-state index is 13.8. The Hall–Kier alpha value is -4.43. The van der Waals surface area contributed by atoms with Crippen molar-refractivity contribution in [1.82, 2.24) is 9.55 Å². The van der Waals surface area contributed by atoms with E-state index in [0.717, 1.165) is 16.7 Å². The number of methoxy groups -OCH3 is 1. The molecule has 0 spiro atoms. The van der Waals surface area contributed by atoms with Crippen LogP contribution < -0.4 is 21.9 Å². The molecule has 0 aliphatic carbocycles. The summed E-state index contributed by atoms with van der Waals surface area (Å²) in [6.07, 6.45) is 0.0917. The molecule has 0 aliphatic rings. The van der Waals surface area contributed by atoms with Crippen LogP contribution >= 0.6 is 0 Å². The van der Waals surface area contributed by atoms with Crippen LogP contribution in [0.1, 0.15) is 29.0 Å². The molecule has 0 unspecified atom stereocenters. The number of benzene rings is 3. The van der Waals surface area contributed by atoms with Crippen molar-refractivity contribution in [2.24, 2.45) is 0 Å². The monoisotopic (exact) mass is 498 g/mol. The van der Waals surface area contributed by atoms with Gasteiger partial charge in [-0.2, -0.15) is 0 Å². The molecule has 37 heavy (non-hydrogen) atoms. The molecule has 0 saturated carbocycles. The van der Waals surface area contributed by atoms with Crippen molar-refractivity contribution >= 4 is 17.4 Å². The number of carbonyl (C=O) groups excluding carboxylic acids is 1. The van der Waals surface area contributed by atoms with Crippen LogP contribution in [0, 0.1) is 0 Å². The van der Waals surface area contributed by atoms with Gasteiger partial charge in [0.1, 0.15) is 5.82 Å². The lowest BCUT2D eigenvalue weighted by atomic mass is 9.88. The molecule has 8 nitrogen and oxygen atoms in total. The Labute approximate surface area is 215 Å². The zero-order valence-corrected chi connectivity index (χ0v) is 20.7. The van der Waals surface area contributed by atoms with Crippen molar-refractivity contribution in [3.05, 3.63) is 129 Å². The minimum Gasteiger partial charge on any atom is -0.383 e. The normalized spacial score (nSPS) is 11.0. The number of aromatic amines is 1. The predicted octanol–water partition coefficient (Wildman–Crippen LogP) is 3.37. The molecule has 0 radical (unpaired) electrons. The van der Waals surface area contributed by atoms with E-state index in [1.54, 1.807) is 0 Å². The third-order valence-corrected chi connectivity index (χ3v) is 6.27. The summed E-state index contributed by atoms with van der Waals surface area (Å²) >= 11 is 0. The quantitative estimate of drug-likeness (QED) is 0.348. The summed E-state index contributed by atoms with van der Waals surface area (Å²) in [4.78, 5) is 43.2. The zero-order valence-electron chi connectivity index (χ0n) is 20.7. The Morgan fingerprint density at radius 1 is 0.919 bits per heavy atom. The fourth-order valence-corrected chi connectivity index (χ4v) is 4.39. The second kappa shape index (κ2) is 12.0. The summed E-state index contributed by atoms with van der Waals surface area (Å²) < 4.78 is 6.50. The van der Waals surface area contributed by atoms with Gasteiger partial charge in [-0.1, -0.05) is 91.0 Å². The number of nitrogens with zero attached hydrogens (tertiary/aromatic N) is 2. The van der Waals surface area contributed by atoms with Crippen LogP contribution in [0.5, 0.6) is 0 Å². The lowest BCUT2D eigenvalue weighted by molar-refractivity contribution is -0.119. The highest BCUT2D eigenvalue weighted by atomic mass is 16.5. The zero-order chi connectivity index (χ0) is 26.2. The Morgan fingerprint density at radius 3 is 2.00 bits per heavy atom. The average molecular weight is 499 g/mol. The maximum Gasteiger partial charge on any atom is 0.330 e. The molecule has 4 rings (SSSR count). The standard InChI is InChI=1S/C29H30N4O4/c1-37-18-17-32(25(34)19-24(22-13-7-3-8-14-22)23-15-9-4-10-16-23)26-27(30)33(29(36)31-28(26)35)20-21-11-5-2-6-12-21/h2-16,24H,17-20,30H2,1H3,(H,31,35,36). The second-order valence-corrected chi connectivity index (χ2v) is 8.68. The molecule has 3 N–H and O–H groups in total. The van der Waals surface area contributed by atoms with Crippen LogP contribution in [0.2, 0.25) is 0 Å². The van der Waals surface area contributed by atoms with E-state index in [2.05, 4.69) is 4.98 Å². The third kappa shape index (κ3) is 6.05. The van der Waals surface area contributed by atoms with Gasteiger partial charge >= 0.3 is 5.69 Å². The van der Waals surface area contributed by atoms with Crippen molar-refractivity contribution in [3.63, 3.8) is 0 Å². The summed E-state index contributed by atoms with van der Waals surface area (Å²) in [5.41, 5.74) is 7.78. The van der Waals surface area contributed by atoms with E-state index in [0.29, 0.717) is 0 Å². The first kappa shape index (κ1) is 25.7. The Balaban J connectivity index is 1.74. The van der Waals surface area contributed by atoms with Crippen LogP contribution in [-0.2, 0) is 16.1 Å². The number of anilines is 2. The fourth-order valence-electron chi connectivity index (χ4n) is 4.39. The van der Waals surface area contributed by atoms with Crippen LogP contribution in [0.15, 0.2) is 101 Å². The number of nitrogens with one attached hydrogen (secondary N) is 1. The summed E-state index contributed by atoms with van der Waals surface area (Å²) in [5.74, 6) is -0.620. The first-order valence-electron chi connectivity index (χ1n) is 12.0. The first-order chi connectivity index (χ1) is 18.0. The number of nitrogens with two attached hydrogens (primary N) is 1. The largest absolute Gasteiger partial charge is 0.383 e. The van der Waals surface area contributed by atoms with Crippen LogP contribution in [0.3, 0.4) is 0 Å². The molecule has 0 fully saturated rings. The van der Waals surface area contributed by atoms with E-state index in [9.17, 15) is 14.4 Å². The topological polar surface area (TPSA) is 110 Å². The number of amides is 1. The van der Waals surface area contributed by atoms with Crippen LogP contribution in [-0.4, -0.2) is 35.7 Å². The number of nitrogen functional groups attached to an aromatic ring is 1. The minimum atomic E-state index is -0.716. The molecule has 8 heteroatoms. The van der Waals surface area contributed by atoms with Gasteiger partial charge in [-0.3, -0.25) is 19.1 Å². The highest BCUT2D eigenvalue weighted by Gasteiger charge is 2.27. The minimum absolute atomic E-state index is 0.0579. The van der Waals surface area contributed by atoms with E-state index >= 15 is 0 Å². The number of carbonyl (C=O) groups is 1. The van der Waals surface area contributed by atoms with Crippen molar-refractivity contribution in [2.75, 3.05) is 30.9 Å². The second-order valence-electron chi connectivity index (χ2n) is 8.68. The Morgan fingerprint density at radius 2 is 1.46 bits per heavy atom. The third-order valence-electron chi connectivity index (χ3n) is 6.27. The molecule has 0 atom stereocenters. The number of H-pyrrole nitrogens is 1. The van der Waals surface area contributed by atoms with E-state index in [1.807, 2.05) is 91.0 Å². The SMILES string of the molecule is COCCN(C(=O)CC(c1ccccc1)c1ccccc1)c1c(N)n(Cc2ccccc2)c(=O)[nH]c1=O. The highest BCUT2D eigenvalue weighted by molar-refractivity contribution is 5.96. The number of rotatable bonds is 10. The summed E-state index contributed by atoms with van der Waals surface area (Å²) in [5, 5.41) is 0. The summed E-state index contributed by atoms with van der Waals surface area (Å²) in [6, 6.07) is 28.8. The first-order valence-corrected chi connectivity index (χ1v) is 12.0. The number of aromatic nitrogens is 2. The van der Waals surface area contributed by atoms with Gasteiger partial charge in [-0.05, 0) is 16.7 Å². The number of hydrogen-bond acceptors (Lipinski definition) is 5. The summed E-state index contributed by atoms with van der Waals surface area (Å²) in [6.45, 7) is 0.435. The van der Waals surface area contributed by atoms with E-state index in [1.165, 1.54) is 16.6 Å². The van der Waals surface area contributed by atoms with Crippen molar-refractivity contribution in [1.29, 1.82) is 0 Å².